The van der Waals surface area contributed by atoms with E-state index in [9.17, 15) is 4.79 Å². The molecule has 1 aliphatic heterocycles. The minimum absolute atomic E-state index is 0. The molecule has 3 aliphatic rings. The molecule has 1 heterocycles. The lowest BCUT2D eigenvalue weighted by Gasteiger charge is -2.46. The quantitative estimate of drug-likeness (QED) is 0.844. The molecule has 4 rings (SSSR count). The van der Waals surface area contributed by atoms with Crippen molar-refractivity contribution in [3.05, 3.63) is 35.9 Å². The first-order chi connectivity index (χ1) is 12.2. The second-order valence-corrected chi connectivity index (χ2v) is 8.17. The molecule has 1 aromatic rings. The molecule has 3 N–H and O–H groups in total. The van der Waals surface area contributed by atoms with Gasteiger partial charge in [-0.05, 0) is 55.9 Å². The second-order valence-electron chi connectivity index (χ2n) is 8.17. The maximum atomic E-state index is 13.1. The number of carbonyl (C=O) groups is 1. The van der Waals surface area contributed by atoms with Gasteiger partial charge in [0, 0.05) is 18.7 Å². The van der Waals surface area contributed by atoms with E-state index in [2.05, 4.69) is 17.4 Å². The maximum Gasteiger partial charge on any atom is 0.226 e. The molecule has 4 atom stereocenters. The van der Waals surface area contributed by atoms with E-state index >= 15 is 0 Å². The van der Waals surface area contributed by atoms with Gasteiger partial charge < -0.3 is 15.8 Å². The molecule has 4 nitrogen and oxygen atoms in total. The zero-order valence-corrected chi connectivity index (χ0v) is 16.1. The standard InChI is InChI=1S/C21H30N2O2.ClH/c22-17-12-15-8-4-9-16(13-17)19(15)23-21(24)18-10-5-11-25-20(18)14-6-2-1-3-7-14;/h1-3,6-7,15-20H,4-5,8-13,22H2,(H,23,24);1H. The molecule has 1 amide bonds. The fourth-order valence-corrected chi connectivity index (χ4v) is 5.32. The minimum atomic E-state index is -0.111. The van der Waals surface area contributed by atoms with Crippen molar-refractivity contribution in [1.82, 2.24) is 5.32 Å². The number of carbonyl (C=O) groups excluding carboxylic acids is 1. The summed E-state index contributed by atoms with van der Waals surface area (Å²) in [5.74, 6) is 1.23. The number of halogens is 1. The molecule has 2 bridgehead atoms. The smallest absolute Gasteiger partial charge is 0.226 e. The van der Waals surface area contributed by atoms with Crippen LogP contribution >= 0.6 is 12.4 Å². The van der Waals surface area contributed by atoms with Gasteiger partial charge in [-0.1, -0.05) is 36.8 Å². The molecule has 144 valence electrons. The van der Waals surface area contributed by atoms with E-state index in [1.807, 2.05) is 18.2 Å². The molecule has 5 heteroatoms. The first-order valence-corrected chi connectivity index (χ1v) is 9.95. The van der Waals surface area contributed by atoms with Crippen LogP contribution in [0.25, 0.3) is 0 Å². The minimum Gasteiger partial charge on any atom is -0.373 e. The fourth-order valence-electron chi connectivity index (χ4n) is 5.32. The van der Waals surface area contributed by atoms with Gasteiger partial charge in [0.15, 0.2) is 0 Å². The number of hydrogen-bond acceptors (Lipinski definition) is 3. The summed E-state index contributed by atoms with van der Waals surface area (Å²) in [7, 11) is 0. The monoisotopic (exact) mass is 378 g/mol. The third kappa shape index (κ3) is 4.08. The molecular formula is C21H31ClN2O2. The number of rotatable bonds is 3. The summed E-state index contributed by atoms with van der Waals surface area (Å²) in [5, 5.41) is 3.44. The van der Waals surface area contributed by atoms with Crippen molar-refractivity contribution in [2.75, 3.05) is 6.61 Å². The van der Waals surface area contributed by atoms with E-state index < -0.39 is 0 Å². The predicted molar refractivity (Wildman–Crippen MR) is 105 cm³/mol. The summed E-state index contributed by atoms with van der Waals surface area (Å²) in [5.41, 5.74) is 7.34. The first-order valence-electron chi connectivity index (χ1n) is 9.95. The molecule has 4 unspecified atom stereocenters. The summed E-state index contributed by atoms with van der Waals surface area (Å²) in [6.07, 6.45) is 7.58. The Labute approximate surface area is 162 Å². The molecule has 1 saturated heterocycles. The van der Waals surface area contributed by atoms with E-state index in [0.29, 0.717) is 23.9 Å². The molecule has 2 saturated carbocycles. The summed E-state index contributed by atoms with van der Waals surface area (Å²) in [6.45, 7) is 0.743. The zero-order chi connectivity index (χ0) is 17.2. The number of hydrogen-bond donors (Lipinski definition) is 2. The Hall–Kier alpha value is -1.10. The Balaban J connectivity index is 0.00000196. The summed E-state index contributed by atoms with van der Waals surface area (Å²) in [6, 6.07) is 10.8. The van der Waals surface area contributed by atoms with Crippen LogP contribution in [-0.2, 0) is 9.53 Å². The van der Waals surface area contributed by atoms with Gasteiger partial charge in [-0.15, -0.1) is 12.4 Å². The average molecular weight is 379 g/mol. The van der Waals surface area contributed by atoms with E-state index in [0.717, 1.165) is 37.9 Å². The van der Waals surface area contributed by atoms with Gasteiger partial charge in [0.25, 0.3) is 0 Å². The van der Waals surface area contributed by atoms with Gasteiger partial charge >= 0.3 is 0 Å². The Morgan fingerprint density at radius 1 is 1.04 bits per heavy atom. The van der Waals surface area contributed by atoms with Crippen LogP contribution in [0.3, 0.4) is 0 Å². The van der Waals surface area contributed by atoms with Crippen molar-refractivity contribution >= 4 is 18.3 Å². The zero-order valence-electron chi connectivity index (χ0n) is 15.3. The predicted octanol–water partition coefficient (Wildman–Crippen LogP) is 3.60. The molecule has 0 spiro atoms. The number of benzene rings is 1. The molecule has 2 aliphatic carbocycles. The van der Waals surface area contributed by atoms with Crippen LogP contribution < -0.4 is 11.1 Å². The van der Waals surface area contributed by atoms with Crippen molar-refractivity contribution < 1.29 is 9.53 Å². The lowest BCUT2D eigenvalue weighted by Crippen LogP contribution is -2.55. The van der Waals surface area contributed by atoms with E-state index in [-0.39, 0.29) is 30.3 Å². The highest BCUT2D eigenvalue weighted by atomic mass is 35.5. The summed E-state index contributed by atoms with van der Waals surface area (Å²) < 4.78 is 6.02. The second kappa shape index (κ2) is 8.73. The first kappa shape index (κ1) is 19.7. The average Bonchev–Trinajstić information content (AvgIpc) is 2.63. The summed E-state index contributed by atoms with van der Waals surface area (Å²) in [4.78, 5) is 13.1. The van der Waals surface area contributed by atoms with Crippen molar-refractivity contribution in [3.8, 4) is 0 Å². The van der Waals surface area contributed by atoms with Crippen LogP contribution in [0, 0.1) is 17.8 Å². The van der Waals surface area contributed by atoms with E-state index in [1.54, 1.807) is 0 Å². The van der Waals surface area contributed by atoms with Gasteiger partial charge in [-0.25, -0.2) is 0 Å². The number of nitrogens with two attached hydrogens (primary N) is 1. The Kier molecular flexibility index (Phi) is 6.60. The largest absolute Gasteiger partial charge is 0.373 e. The Morgan fingerprint density at radius 3 is 2.42 bits per heavy atom. The van der Waals surface area contributed by atoms with Gasteiger partial charge in [-0.3, -0.25) is 4.79 Å². The van der Waals surface area contributed by atoms with Crippen LogP contribution in [0.1, 0.15) is 56.6 Å². The van der Waals surface area contributed by atoms with Crippen LogP contribution in [0.2, 0.25) is 0 Å². The van der Waals surface area contributed by atoms with Gasteiger partial charge in [0.05, 0.1) is 12.0 Å². The number of nitrogens with one attached hydrogen (secondary N) is 1. The third-order valence-corrected chi connectivity index (χ3v) is 6.47. The highest BCUT2D eigenvalue weighted by molar-refractivity contribution is 5.85. The van der Waals surface area contributed by atoms with Crippen LogP contribution in [0.4, 0.5) is 0 Å². The van der Waals surface area contributed by atoms with Crippen molar-refractivity contribution in [1.29, 1.82) is 0 Å². The third-order valence-electron chi connectivity index (χ3n) is 6.47. The van der Waals surface area contributed by atoms with E-state index in [1.165, 1.54) is 19.3 Å². The van der Waals surface area contributed by atoms with Crippen LogP contribution in [-0.4, -0.2) is 24.6 Å². The Morgan fingerprint density at radius 2 is 1.73 bits per heavy atom. The van der Waals surface area contributed by atoms with Gasteiger partial charge in [-0.2, -0.15) is 0 Å². The van der Waals surface area contributed by atoms with Crippen molar-refractivity contribution in [2.45, 2.75) is 63.1 Å². The highest BCUT2D eigenvalue weighted by Crippen LogP contribution is 2.40. The number of fused-ring (bicyclic) bond motifs is 2. The Bertz CT molecular complexity index is 583. The van der Waals surface area contributed by atoms with Gasteiger partial charge in [0.2, 0.25) is 5.91 Å². The molecule has 0 aromatic heterocycles. The van der Waals surface area contributed by atoms with Gasteiger partial charge in [0.1, 0.15) is 0 Å². The van der Waals surface area contributed by atoms with E-state index in [4.69, 9.17) is 10.5 Å². The van der Waals surface area contributed by atoms with Crippen molar-refractivity contribution in [2.24, 2.45) is 23.5 Å². The molecule has 1 aromatic carbocycles. The topological polar surface area (TPSA) is 64.3 Å². The van der Waals surface area contributed by atoms with Crippen LogP contribution in [0.15, 0.2) is 30.3 Å². The molecule has 3 fully saturated rings. The normalized spacial score (nSPS) is 36.7. The SMILES string of the molecule is Cl.NC1CC2CCCC(C1)C2NC(=O)C1CCCOC1c1ccccc1. The summed E-state index contributed by atoms with van der Waals surface area (Å²) >= 11 is 0. The lowest BCUT2D eigenvalue weighted by molar-refractivity contribution is -0.137. The lowest BCUT2D eigenvalue weighted by atomic mass is 9.67. The highest BCUT2D eigenvalue weighted by Gasteiger charge is 2.42. The van der Waals surface area contributed by atoms with Crippen molar-refractivity contribution in [3.63, 3.8) is 0 Å². The molecule has 26 heavy (non-hydrogen) atoms. The fraction of sp³-hybridized carbons (Fsp3) is 0.667. The number of amides is 1. The molecule has 0 radical (unpaired) electrons. The number of ether oxygens (including phenoxy) is 1. The molecular weight excluding hydrogens is 348 g/mol. The van der Waals surface area contributed by atoms with Crippen LogP contribution in [0.5, 0.6) is 0 Å². The maximum absolute atomic E-state index is 13.1.